The van der Waals surface area contributed by atoms with Crippen molar-refractivity contribution in [1.82, 2.24) is 9.62 Å². The number of halogens is 1. The van der Waals surface area contributed by atoms with E-state index in [0.717, 1.165) is 13.1 Å². The summed E-state index contributed by atoms with van der Waals surface area (Å²) in [6.07, 6.45) is -0.268. The number of ether oxygens (including phenoxy) is 2. The average Bonchev–Trinajstić information content (AvgIpc) is 2.72. The normalized spacial score (nSPS) is 17.8. The molecule has 1 aliphatic heterocycles. The molecule has 1 unspecified atom stereocenters. The number of rotatable bonds is 7. The Kier molecular flexibility index (Phi) is 7.26. The molecule has 1 saturated heterocycles. The molecule has 0 radical (unpaired) electrons. The van der Waals surface area contributed by atoms with Gasteiger partial charge < -0.3 is 9.47 Å². The third kappa shape index (κ3) is 5.77. The standard InChI is InChI=1S/C20H23ClN2O5S/c1-27-20(24)16-7-8-19(18(21)11-16)29(25,26)22-12-17-14-23(9-10-28-17)13-15-5-3-2-4-6-15/h2-8,11,17,22H,9-10,12-14H2,1H3. The zero-order valence-electron chi connectivity index (χ0n) is 16.0. The van der Waals surface area contributed by atoms with Crippen LogP contribution in [0.4, 0.5) is 0 Å². The highest BCUT2D eigenvalue weighted by Gasteiger charge is 2.25. The molecule has 0 amide bonds. The molecular formula is C20H23ClN2O5S. The molecule has 1 N–H and O–H groups in total. The SMILES string of the molecule is COC(=O)c1ccc(S(=O)(=O)NCC2CN(Cc3ccccc3)CCO2)c(Cl)c1. The largest absolute Gasteiger partial charge is 0.465 e. The summed E-state index contributed by atoms with van der Waals surface area (Å²) in [5, 5.41) is -0.0457. The van der Waals surface area contributed by atoms with Crippen LogP contribution in [0.25, 0.3) is 0 Å². The first kappa shape index (κ1) is 21.7. The molecule has 29 heavy (non-hydrogen) atoms. The first-order valence-corrected chi connectivity index (χ1v) is 11.0. The van der Waals surface area contributed by atoms with Gasteiger partial charge in [-0.3, -0.25) is 4.90 Å². The number of morpholine rings is 1. The van der Waals surface area contributed by atoms with Crippen molar-refractivity contribution in [2.24, 2.45) is 0 Å². The van der Waals surface area contributed by atoms with Crippen LogP contribution in [-0.4, -0.2) is 58.7 Å². The van der Waals surface area contributed by atoms with Crippen LogP contribution in [0, 0.1) is 0 Å². The second-order valence-electron chi connectivity index (χ2n) is 6.70. The fraction of sp³-hybridized carbons (Fsp3) is 0.350. The highest BCUT2D eigenvalue weighted by molar-refractivity contribution is 7.89. The Balaban J connectivity index is 1.60. The quantitative estimate of drug-likeness (QED) is 0.668. The van der Waals surface area contributed by atoms with Crippen LogP contribution in [0.15, 0.2) is 53.4 Å². The second-order valence-corrected chi connectivity index (χ2v) is 8.84. The lowest BCUT2D eigenvalue weighted by Gasteiger charge is -2.33. The first-order chi connectivity index (χ1) is 13.9. The van der Waals surface area contributed by atoms with Crippen LogP contribution in [0.2, 0.25) is 5.02 Å². The van der Waals surface area contributed by atoms with Gasteiger partial charge in [-0.2, -0.15) is 0 Å². The summed E-state index contributed by atoms with van der Waals surface area (Å²) in [6.45, 7) is 2.86. The predicted molar refractivity (Wildman–Crippen MR) is 109 cm³/mol. The van der Waals surface area contributed by atoms with E-state index in [4.69, 9.17) is 16.3 Å². The van der Waals surface area contributed by atoms with Crippen LogP contribution in [0.5, 0.6) is 0 Å². The van der Waals surface area contributed by atoms with Crippen LogP contribution in [0.3, 0.4) is 0 Å². The van der Waals surface area contributed by atoms with Crippen LogP contribution >= 0.6 is 11.6 Å². The fourth-order valence-corrected chi connectivity index (χ4v) is 4.74. The van der Waals surface area contributed by atoms with Crippen molar-refractivity contribution in [2.75, 3.05) is 33.4 Å². The lowest BCUT2D eigenvalue weighted by atomic mass is 10.2. The molecule has 1 atom stereocenters. The Morgan fingerprint density at radius 2 is 2.03 bits per heavy atom. The molecule has 1 aliphatic rings. The minimum atomic E-state index is -3.85. The number of hydrogen-bond acceptors (Lipinski definition) is 6. The van der Waals surface area contributed by atoms with Crippen molar-refractivity contribution in [3.05, 3.63) is 64.7 Å². The van der Waals surface area contributed by atoms with E-state index in [9.17, 15) is 13.2 Å². The summed E-state index contributed by atoms with van der Waals surface area (Å²) in [6, 6.07) is 14.0. The molecule has 2 aromatic carbocycles. The Bertz CT molecular complexity index is 953. The van der Waals surface area contributed by atoms with Gasteiger partial charge in [0.05, 0.1) is 30.4 Å². The molecule has 0 aliphatic carbocycles. The van der Waals surface area contributed by atoms with Crippen molar-refractivity contribution in [3.8, 4) is 0 Å². The maximum atomic E-state index is 12.6. The van der Waals surface area contributed by atoms with Gasteiger partial charge in [-0.15, -0.1) is 0 Å². The highest BCUT2D eigenvalue weighted by Crippen LogP contribution is 2.23. The number of carbonyl (C=O) groups excluding carboxylic acids is 1. The Hall–Kier alpha value is -1.97. The number of hydrogen-bond donors (Lipinski definition) is 1. The smallest absolute Gasteiger partial charge is 0.337 e. The molecule has 0 saturated carbocycles. The van der Waals surface area contributed by atoms with Gasteiger partial charge in [0, 0.05) is 26.2 Å². The molecule has 2 aromatic rings. The molecule has 1 fully saturated rings. The van der Waals surface area contributed by atoms with Crippen molar-refractivity contribution in [1.29, 1.82) is 0 Å². The van der Waals surface area contributed by atoms with Gasteiger partial charge in [0.15, 0.2) is 0 Å². The molecule has 0 aromatic heterocycles. The number of esters is 1. The van der Waals surface area contributed by atoms with Crippen molar-refractivity contribution >= 4 is 27.6 Å². The van der Waals surface area contributed by atoms with E-state index in [1.165, 1.54) is 30.9 Å². The lowest BCUT2D eigenvalue weighted by Crippen LogP contribution is -2.47. The summed E-state index contributed by atoms with van der Waals surface area (Å²) >= 11 is 6.08. The summed E-state index contributed by atoms with van der Waals surface area (Å²) in [5.74, 6) is -0.585. The average molecular weight is 439 g/mol. The molecular weight excluding hydrogens is 416 g/mol. The second kappa shape index (κ2) is 9.69. The van der Waals surface area contributed by atoms with Crippen LogP contribution < -0.4 is 4.72 Å². The summed E-state index contributed by atoms with van der Waals surface area (Å²) < 4.78 is 38.2. The van der Waals surface area contributed by atoms with E-state index in [1.54, 1.807) is 0 Å². The van der Waals surface area contributed by atoms with Gasteiger partial charge in [-0.1, -0.05) is 41.9 Å². The summed E-state index contributed by atoms with van der Waals surface area (Å²) in [4.78, 5) is 13.7. The summed E-state index contributed by atoms with van der Waals surface area (Å²) in [5.41, 5.74) is 1.38. The topological polar surface area (TPSA) is 84.9 Å². The molecule has 7 nitrogen and oxygen atoms in total. The summed E-state index contributed by atoms with van der Waals surface area (Å²) in [7, 11) is -2.60. The predicted octanol–water partition coefficient (Wildman–Crippen LogP) is 2.31. The first-order valence-electron chi connectivity index (χ1n) is 9.14. The molecule has 9 heteroatoms. The number of nitrogens with zero attached hydrogens (tertiary/aromatic N) is 1. The zero-order chi connectivity index (χ0) is 20.9. The zero-order valence-corrected chi connectivity index (χ0v) is 17.6. The van der Waals surface area contributed by atoms with E-state index < -0.39 is 16.0 Å². The maximum absolute atomic E-state index is 12.6. The van der Waals surface area contributed by atoms with Gasteiger partial charge in [-0.05, 0) is 23.8 Å². The molecule has 1 heterocycles. The van der Waals surface area contributed by atoms with E-state index in [-0.39, 0.29) is 28.1 Å². The van der Waals surface area contributed by atoms with Crippen LogP contribution in [-0.2, 0) is 26.0 Å². The van der Waals surface area contributed by atoms with Gasteiger partial charge in [0.25, 0.3) is 0 Å². The van der Waals surface area contributed by atoms with Gasteiger partial charge in [0.2, 0.25) is 10.0 Å². The lowest BCUT2D eigenvalue weighted by molar-refractivity contribution is -0.0276. The van der Waals surface area contributed by atoms with Crippen LogP contribution in [0.1, 0.15) is 15.9 Å². The van der Waals surface area contributed by atoms with Crippen molar-refractivity contribution in [2.45, 2.75) is 17.5 Å². The fourth-order valence-electron chi connectivity index (χ4n) is 3.13. The highest BCUT2D eigenvalue weighted by atomic mass is 35.5. The third-order valence-corrected chi connectivity index (χ3v) is 6.52. The minimum absolute atomic E-state index is 0.0457. The Labute approximate surface area is 175 Å². The van der Waals surface area contributed by atoms with E-state index in [0.29, 0.717) is 13.2 Å². The molecule has 156 valence electrons. The molecule has 0 spiro atoms. The van der Waals surface area contributed by atoms with Gasteiger partial charge in [0.1, 0.15) is 4.90 Å². The Morgan fingerprint density at radius 3 is 2.72 bits per heavy atom. The van der Waals surface area contributed by atoms with E-state index in [2.05, 4.69) is 26.5 Å². The minimum Gasteiger partial charge on any atom is -0.465 e. The van der Waals surface area contributed by atoms with Crippen molar-refractivity contribution in [3.63, 3.8) is 0 Å². The van der Waals surface area contributed by atoms with Gasteiger partial charge >= 0.3 is 5.97 Å². The number of methoxy groups -OCH3 is 1. The van der Waals surface area contributed by atoms with E-state index >= 15 is 0 Å². The Morgan fingerprint density at radius 1 is 1.28 bits per heavy atom. The van der Waals surface area contributed by atoms with Gasteiger partial charge in [-0.25, -0.2) is 17.9 Å². The maximum Gasteiger partial charge on any atom is 0.337 e. The van der Waals surface area contributed by atoms with Crippen molar-refractivity contribution < 1.29 is 22.7 Å². The molecule has 3 rings (SSSR count). The third-order valence-electron chi connectivity index (χ3n) is 4.62. The number of carbonyl (C=O) groups is 1. The monoisotopic (exact) mass is 438 g/mol. The molecule has 0 bridgehead atoms. The number of benzene rings is 2. The number of nitrogens with one attached hydrogen (secondary N) is 1. The number of sulfonamides is 1. The van der Waals surface area contributed by atoms with E-state index in [1.807, 2.05) is 18.2 Å².